The number of nitrogens with one attached hydrogen (secondary N) is 1. The Morgan fingerprint density at radius 2 is 1.89 bits per heavy atom. The van der Waals surface area contributed by atoms with Crippen LogP contribution in [-0.2, 0) is 16.1 Å². The normalized spacial score (nSPS) is 20.0. The van der Waals surface area contributed by atoms with Gasteiger partial charge in [0.1, 0.15) is 24.0 Å². The summed E-state index contributed by atoms with van der Waals surface area (Å²) in [6.07, 6.45) is 0.948. The molecule has 0 radical (unpaired) electrons. The molecule has 0 spiro atoms. The van der Waals surface area contributed by atoms with Crippen molar-refractivity contribution < 1.29 is 14.4 Å². The van der Waals surface area contributed by atoms with Crippen LogP contribution in [0.5, 0.6) is 0 Å². The van der Waals surface area contributed by atoms with Gasteiger partial charge in [-0.15, -0.1) is 0 Å². The van der Waals surface area contributed by atoms with Gasteiger partial charge in [-0.3, -0.25) is 19.3 Å². The lowest BCUT2D eigenvalue weighted by atomic mass is 9.98. The van der Waals surface area contributed by atoms with E-state index < -0.39 is 5.92 Å². The van der Waals surface area contributed by atoms with Crippen molar-refractivity contribution in [1.29, 1.82) is 0 Å². The zero-order chi connectivity index (χ0) is 19.1. The first kappa shape index (κ1) is 17.1. The second-order valence-electron chi connectivity index (χ2n) is 6.73. The average molecular weight is 365 g/mol. The zero-order valence-electron chi connectivity index (χ0n) is 15.1. The maximum absolute atomic E-state index is 12.4. The molecule has 2 aromatic rings. The molecule has 1 N–H and O–H groups in total. The third kappa shape index (κ3) is 2.92. The molecule has 0 fully saturated rings. The van der Waals surface area contributed by atoms with E-state index in [2.05, 4.69) is 15.1 Å². The number of fused-ring (bicyclic) bond motifs is 1. The second-order valence-corrected chi connectivity index (χ2v) is 6.73. The summed E-state index contributed by atoms with van der Waals surface area (Å²) in [5, 5.41) is 5.84. The minimum absolute atomic E-state index is 0.104. The number of aromatic amines is 1. The van der Waals surface area contributed by atoms with E-state index in [1.807, 2.05) is 30.3 Å². The van der Waals surface area contributed by atoms with Crippen LogP contribution in [-0.4, -0.2) is 45.3 Å². The number of benzene rings is 1. The van der Waals surface area contributed by atoms with Crippen molar-refractivity contribution in [2.24, 2.45) is 11.0 Å². The number of rotatable bonds is 3. The van der Waals surface area contributed by atoms with Crippen molar-refractivity contribution in [2.45, 2.75) is 26.3 Å². The molecule has 8 heteroatoms. The molecule has 8 nitrogen and oxygen atoms in total. The van der Waals surface area contributed by atoms with Gasteiger partial charge in [0.25, 0.3) is 0 Å². The molecule has 0 bridgehead atoms. The number of H-pyrrole nitrogens is 1. The van der Waals surface area contributed by atoms with Gasteiger partial charge in [0.15, 0.2) is 11.6 Å². The number of carbonyl (C=O) groups excluding carboxylic acids is 3. The molecule has 2 amide bonds. The summed E-state index contributed by atoms with van der Waals surface area (Å²) in [4.78, 5) is 45.5. The molecule has 0 saturated heterocycles. The molecule has 2 aliphatic rings. The van der Waals surface area contributed by atoms with Crippen molar-refractivity contribution in [1.82, 2.24) is 15.0 Å². The Hall–Kier alpha value is -3.29. The lowest BCUT2D eigenvalue weighted by molar-refractivity contribution is -0.132. The van der Waals surface area contributed by atoms with E-state index in [4.69, 9.17) is 0 Å². The fourth-order valence-electron chi connectivity index (χ4n) is 3.33. The van der Waals surface area contributed by atoms with E-state index in [9.17, 15) is 14.4 Å². The molecule has 2 aliphatic heterocycles. The van der Waals surface area contributed by atoms with Crippen molar-refractivity contribution in [3.05, 3.63) is 47.4 Å². The van der Waals surface area contributed by atoms with Crippen LogP contribution in [0.3, 0.4) is 0 Å². The summed E-state index contributed by atoms with van der Waals surface area (Å²) >= 11 is 0. The van der Waals surface area contributed by atoms with E-state index in [0.29, 0.717) is 30.2 Å². The molecule has 3 heterocycles. The molecule has 1 aromatic heterocycles. The van der Waals surface area contributed by atoms with Crippen LogP contribution < -0.4 is 4.90 Å². The number of hydrogen-bond donors (Lipinski definition) is 1. The van der Waals surface area contributed by atoms with E-state index in [1.54, 1.807) is 14.0 Å². The molecular weight excluding hydrogens is 346 g/mol. The molecule has 4 rings (SSSR count). The summed E-state index contributed by atoms with van der Waals surface area (Å²) in [7, 11) is 1.59. The van der Waals surface area contributed by atoms with Crippen molar-refractivity contribution >= 4 is 29.1 Å². The fourth-order valence-corrected chi connectivity index (χ4v) is 3.33. The van der Waals surface area contributed by atoms with Gasteiger partial charge in [-0.2, -0.15) is 5.10 Å². The van der Waals surface area contributed by atoms with E-state index in [0.717, 1.165) is 11.3 Å². The average Bonchev–Trinajstić information content (AvgIpc) is 3.11. The summed E-state index contributed by atoms with van der Waals surface area (Å²) in [5.41, 5.74) is 2.11. The Balaban J connectivity index is 1.63. The van der Waals surface area contributed by atoms with Crippen molar-refractivity contribution in [3.63, 3.8) is 0 Å². The van der Waals surface area contributed by atoms with Gasteiger partial charge in [0.05, 0.1) is 5.71 Å². The highest BCUT2D eigenvalue weighted by Gasteiger charge is 2.37. The van der Waals surface area contributed by atoms with Gasteiger partial charge < -0.3 is 4.98 Å². The first-order valence-electron chi connectivity index (χ1n) is 8.79. The third-order valence-corrected chi connectivity index (χ3v) is 4.90. The second kappa shape index (κ2) is 6.46. The topological polar surface area (TPSA) is 98.7 Å². The standard InChI is InChI=1S/C19H19N5O3/c1-11-17(26)16-18(23(2)19(11)27)21-14(20-16)10-24-15(25)9-8-13(22-24)12-6-4-3-5-7-12/h3-7,11H,8-10H2,1-2H3,(H,20,21). The van der Waals surface area contributed by atoms with E-state index in [-0.39, 0.29) is 24.1 Å². The summed E-state index contributed by atoms with van der Waals surface area (Å²) in [6, 6.07) is 9.70. The minimum atomic E-state index is -0.741. The summed E-state index contributed by atoms with van der Waals surface area (Å²) < 4.78 is 0. The number of hydrazone groups is 1. The highest BCUT2D eigenvalue weighted by molar-refractivity contribution is 6.19. The monoisotopic (exact) mass is 365 g/mol. The number of ketones is 1. The van der Waals surface area contributed by atoms with Gasteiger partial charge in [-0.25, -0.2) is 9.99 Å². The molecule has 0 saturated carbocycles. The minimum Gasteiger partial charge on any atom is -0.336 e. The van der Waals surface area contributed by atoms with Gasteiger partial charge in [0.2, 0.25) is 11.8 Å². The molecule has 1 unspecified atom stereocenters. The predicted octanol–water partition coefficient (Wildman–Crippen LogP) is 1.73. The number of anilines is 1. The number of Topliss-reactive ketones (excluding diaryl/α,β-unsaturated/α-hetero) is 1. The van der Waals surface area contributed by atoms with E-state index >= 15 is 0 Å². The Morgan fingerprint density at radius 3 is 2.63 bits per heavy atom. The first-order valence-corrected chi connectivity index (χ1v) is 8.79. The quantitative estimate of drug-likeness (QED) is 0.838. The van der Waals surface area contributed by atoms with Crippen LogP contribution >= 0.6 is 0 Å². The zero-order valence-corrected chi connectivity index (χ0v) is 15.1. The van der Waals surface area contributed by atoms with Crippen LogP contribution in [0.2, 0.25) is 0 Å². The summed E-state index contributed by atoms with van der Waals surface area (Å²) in [6.45, 7) is 1.70. The number of carbonyl (C=O) groups is 3. The fraction of sp³-hybridized carbons (Fsp3) is 0.316. The smallest absolute Gasteiger partial charge is 0.243 e. The van der Waals surface area contributed by atoms with Gasteiger partial charge >= 0.3 is 0 Å². The number of amides is 2. The number of imidazole rings is 1. The summed E-state index contributed by atoms with van der Waals surface area (Å²) in [5.74, 6) is -0.694. The van der Waals surface area contributed by atoms with Gasteiger partial charge in [-0.05, 0) is 12.5 Å². The Labute approximate surface area is 155 Å². The largest absolute Gasteiger partial charge is 0.336 e. The number of aromatic nitrogens is 2. The predicted molar refractivity (Wildman–Crippen MR) is 98.3 cm³/mol. The van der Waals surface area contributed by atoms with Crippen molar-refractivity contribution in [3.8, 4) is 0 Å². The lowest BCUT2D eigenvalue weighted by Gasteiger charge is -2.24. The highest BCUT2D eigenvalue weighted by atomic mass is 16.2. The number of nitrogens with zero attached hydrogens (tertiary/aromatic N) is 4. The molecular formula is C19H19N5O3. The molecule has 27 heavy (non-hydrogen) atoms. The van der Waals surface area contributed by atoms with Gasteiger partial charge in [-0.1, -0.05) is 30.3 Å². The molecule has 0 aliphatic carbocycles. The Bertz CT molecular complexity index is 963. The van der Waals surface area contributed by atoms with Crippen molar-refractivity contribution in [2.75, 3.05) is 11.9 Å². The SMILES string of the molecule is CC1C(=O)c2[nH]c(CN3N=C(c4ccccc4)CCC3=O)nc2N(C)C1=O. The van der Waals surface area contributed by atoms with Crippen LogP contribution in [0.1, 0.15) is 41.6 Å². The van der Waals surface area contributed by atoms with Crippen LogP contribution in [0.25, 0.3) is 0 Å². The Kier molecular flexibility index (Phi) is 4.10. The lowest BCUT2D eigenvalue weighted by Crippen LogP contribution is -2.41. The molecule has 1 atom stereocenters. The third-order valence-electron chi connectivity index (χ3n) is 4.90. The highest BCUT2D eigenvalue weighted by Crippen LogP contribution is 2.28. The Morgan fingerprint density at radius 1 is 1.15 bits per heavy atom. The van der Waals surface area contributed by atoms with Crippen LogP contribution in [0, 0.1) is 5.92 Å². The maximum atomic E-state index is 12.4. The van der Waals surface area contributed by atoms with Gasteiger partial charge in [0, 0.05) is 19.9 Å². The van der Waals surface area contributed by atoms with Crippen LogP contribution in [0.15, 0.2) is 35.4 Å². The van der Waals surface area contributed by atoms with Crippen LogP contribution in [0.4, 0.5) is 5.82 Å². The maximum Gasteiger partial charge on any atom is 0.243 e. The molecule has 138 valence electrons. The molecule has 1 aromatic carbocycles. The first-order chi connectivity index (χ1) is 13.0. The van der Waals surface area contributed by atoms with E-state index in [1.165, 1.54) is 9.91 Å². The number of hydrogen-bond acceptors (Lipinski definition) is 5.